The third kappa shape index (κ3) is 3.56. The van der Waals surface area contributed by atoms with E-state index in [2.05, 4.69) is 6.92 Å². The number of rotatable bonds is 6. The summed E-state index contributed by atoms with van der Waals surface area (Å²) in [4.78, 5) is 0. The van der Waals surface area contributed by atoms with Crippen molar-refractivity contribution in [2.24, 2.45) is 0 Å². The molecule has 0 saturated carbocycles. The van der Waals surface area contributed by atoms with Crippen LogP contribution in [0.25, 0.3) is 0 Å². The van der Waals surface area contributed by atoms with Crippen molar-refractivity contribution in [2.75, 3.05) is 14.2 Å². The molecule has 0 radical (unpaired) electrons. The van der Waals surface area contributed by atoms with Crippen LogP contribution in [-0.4, -0.2) is 19.3 Å². The van der Waals surface area contributed by atoms with E-state index in [1.54, 1.807) is 14.2 Å². The molecule has 0 heterocycles. The Balaban J connectivity index is 2.21. The molecule has 1 N–H and O–H groups in total. The standard InChI is InChI=1S/C18H22O3/c1-4-17(13-5-9-15(20-2)10-6-13)18(19)14-7-11-16(21-3)12-8-14/h5-12,17-19H,4H2,1-3H3. The minimum atomic E-state index is -0.533. The number of ether oxygens (including phenoxy) is 2. The van der Waals surface area contributed by atoms with E-state index in [1.165, 1.54) is 0 Å². The molecule has 2 atom stereocenters. The van der Waals surface area contributed by atoms with Gasteiger partial charge in [0.05, 0.1) is 20.3 Å². The molecule has 0 aromatic heterocycles. The molecule has 0 saturated heterocycles. The van der Waals surface area contributed by atoms with Crippen LogP contribution in [0.4, 0.5) is 0 Å². The molecule has 2 unspecified atom stereocenters. The van der Waals surface area contributed by atoms with Gasteiger partial charge >= 0.3 is 0 Å². The maximum absolute atomic E-state index is 10.7. The highest BCUT2D eigenvalue weighted by atomic mass is 16.5. The Hall–Kier alpha value is -2.00. The van der Waals surface area contributed by atoms with Crippen LogP contribution in [0.15, 0.2) is 48.5 Å². The molecule has 0 amide bonds. The lowest BCUT2D eigenvalue weighted by atomic mass is 9.87. The van der Waals surface area contributed by atoms with Gasteiger partial charge in [0.1, 0.15) is 11.5 Å². The summed E-state index contributed by atoms with van der Waals surface area (Å²) < 4.78 is 10.3. The Morgan fingerprint density at radius 2 is 1.24 bits per heavy atom. The molecular formula is C18H22O3. The van der Waals surface area contributed by atoms with Gasteiger partial charge in [-0.2, -0.15) is 0 Å². The van der Waals surface area contributed by atoms with E-state index in [4.69, 9.17) is 9.47 Å². The predicted octanol–water partition coefficient (Wildman–Crippen LogP) is 3.93. The Bertz CT molecular complexity index is 546. The third-order valence-corrected chi connectivity index (χ3v) is 3.82. The minimum absolute atomic E-state index is 0.0595. The number of aliphatic hydroxyl groups excluding tert-OH is 1. The largest absolute Gasteiger partial charge is 0.497 e. The number of hydrogen-bond donors (Lipinski definition) is 1. The first kappa shape index (κ1) is 15.4. The topological polar surface area (TPSA) is 38.7 Å². The van der Waals surface area contributed by atoms with Crippen molar-refractivity contribution in [1.82, 2.24) is 0 Å². The average Bonchev–Trinajstić information content (AvgIpc) is 2.56. The van der Waals surface area contributed by atoms with Gasteiger partial charge in [-0.25, -0.2) is 0 Å². The maximum Gasteiger partial charge on any atom is 0.118 e. The zero-order chi connectivity index (χ0) is 15.2. The molecule has 21 heavy (non-hydrogen) atoms. The summed E-state index contributed by atoms with van der Waals surface area (Å²) in [6, 6.07) is 15.5. The number of benzene rings is 2. The summed E-state index contributed by atoms with van der Waals surface area (Å²) in [6.45, 7) is 2.08. The molecule has 0 aliphatic rings. The van der Waals surface area contributed by atoms with Gasteiger partial charge in [-0.1, -0.05) is 31.2 Å². The lowest BCUT2D eigenvalue weighted by molar-refractivity contribution is 0.142. The van der Waals surface area contributed by atoms with Crippen molar-refractivity contribution in [3.8, 4) is 11.5 Å². The molecule has 2 rings (SSSR count). The van der Waals surface area contributed by atoms with Gasteiger partial charge < -0.3 is 14.6 Å². The van der Waals surface area contributed by atoms with Crippen LogP contribution in [-0.2, 0) is 0 Å². The number of methoxy groups -OCH3 is 2. The van der Waals surface area contributed by atoms with Crippen molar-refractivity contribution >= 4 is 0 Å². The quantitative estimate of drug-likeness (QED) is 0.874. The summed E-state index contributed by atoms with van der Waals surface area (Å²) in [5, 5.41) is 10.7. The summed E-state index contributed by atoms with van der Waals surface area (Å²) in [5.41, 5.74) is 2.01. The van der Waals surface area contributed by atoms with Gasteiger partial charge in [-0.05, 0) is 41.8 Å². The maximum atomic E-state index is 10.7. The van der Waals surface area contributed by atoms with Crippen LogP contribution < -0.4 is 9.47 Å². The highest BCUT2D eigenvalue weighted by Gasteiger charge is 2.21. The summed E-state index contributed by atoms with van der Waals surface area (Å²) in [6.07, 6.45) is 0.328. The first-order chi connectivity index (χ1) is 10.2. The van der Waals surface area contributed by atoms with Crippen LogP contribution in [0, 0.1) is 0 Å². The fourth-order valence-electron chi connectivity index (χ4n) is 2.53. The summed E-state index contributed by atoms with van der Waals surface area (Å²) in [7, 11) is 3.29. The van der Waals surface area contributed by atoms with Gasteiger partial charge in [-0.3, -0.25) is 0 Å². The van der Waals surface area contributed by atoms with E-state index in [0.29, 0.717) is 0 Å². The van der Waals surface area contributed by atoms with Crippen LogP contribution >= 0.6 is 0 Å². The molecule has 0 aliphatic heterocycles. The number of aliphatic hydroxyl groups is 1. The molecule has 2 aromatic rings. The Labute approximate surface area is 126 Å². The molecule has 2 aromatic carbocycles. The molecular weight excluding hydrogens is 264 g/mol. The van der Waals surface area contributed by atoms with Crippen LogP contribution in [0.3, 0.4) is 0 Å². The fraction of sp³-hybridized carbons (Fsp3) is 0.333. The summed E-state index contributed by atoms with van der Waals surface area (Å²) in [5.74, 6) is 1.68. The highest BCUT2D eigenvalue weighted by molar-refractivity contribution is 5.34. The van der Waals surface area contributed by atoms with E-state index in [1.807, 2.05) is 48.5 Å². The van der Waals surface area contributed by atoms with E-state index in [-0.39, 0.29) is 5.92 Å². The van der Waals surface area contributed by atoms with Crippen molar-refractivity contribution in [2.45, 2.75) is 25.4 Å². The summed E-state index contributed by atoms with van der Waals surface area (Å²) >= 11 is 0. The normalized spacial score (nSPS) is 13.5. The van der Waals surface area contributed by atoms with E-state index < -0.39 is 6.10 Å². The lowest BCUT2D eigenvalue weighted by Crippen LogP contribution is -2.10. The van der Waals surface area contributed by atoms with Gasteiger partial charge in [0.2, 0.25) is 0 Å². The average molecular weight is 286 g/mol. The predicted molar refractivity (Wildman–Crippen MR) is 84.0 cm³/mol. The van der Waals surface area contributed by atoms with Gasteiger partial charge in [0.25, 0.3) is 0 Å². The zero-order valence-electron chi connectivity index (χ0n) is 12.7. The highest BCUT2D eigenvalue weighted by Crippen LogP contribution is 2.34. The first-order valence-electron chi connectivity index (χ1n) is 7.15. The second-order valence-corrected chi connectivity index (χ2v) is 5.01. The van der Waals surface area contributed by atoms with E-state index in [9.17, 15) is 5.11 Å². The molecule has 0 bridgehead atoms. The van der Waals surface area contributed by atoms with Crippen molar-refractivity contribution in [3.05, 3.63) is 59.7 Å². The van der Waals surface area contributed by atoms with Crippen LogP contribution in [0.1, 0.15) is 36.5 Å². The molecule has 3 nitrogen and oxygen atoms in total. The van der Waals surface area contributed by atoms with Crippen LogP contribution in [0.2, 0.25) is 0 Å². The molecule has 112 valence electrons. The minimum Gasteiger partial charge on any atom is -0.497 e. The second-order valence-electron chi connectivity index (χ2n) is 5.01. The smallest absolute Gasteiger partial charge is 0.118 e. The van der Waals surface area contributed by atoms with Crippen molar-refractivity contribution in [3.63, 3.8) is 0 Å². The first-order valence-corrected chi connectivity index (χ1v) is 7.15. The van der Waals surface area contributed by atoms with E-state index >= 15 is 0 Å². The molecule has 3 heteroatoms. The van der Waals surface area contributed by atoms with Gasteiger partial charge in [0.15, 0.2) is 0 Å². The fourth-order valence-corrected chi connectivity index (χ4v) is 2.53. The van der Waals surface area contributed by atoms with Crippen molar-refractivity contribution < 1.29 is 14.6 Å². The Morgan fingerprint density at radius 3 is 1.62 bits per heavy atom. The van der Waals surface area contributed by atoms with Gasteiger partial charge in [0, 0.05) is 5.92 Å². The Morgan fingerprint density at radius 1 is 0.810 bits per heavy atom. The Kier molecular flexibility index (Phi) is 5.23. The van der Waals surface area contributed by atoms with Gasteiger partial charge in [-0.15, -0.1) is 0 Å². The molecule has 0 fully saturated rings. The van der Waals surface area contributed by atoms with Crippen molar-refractivity contribution in [1.29, 1.82) is 0 Å². The van der Waals surface area contributed by atoms with E-state index in [0.717, 1.165) is 29.0 Å². The SMILES string of the molecule is CCC(c1ccc(OC)cc1)C(O)c1ccc(OC)cc1. The van der Waals surface area contributed by atoms with Crippen LogP contribution in [0.5, 0.6) is 11.5 Å². The lowest BCUT2D eigenvalue weighted by Gasteiger charge is -2.23. The monoisotopic (exact) mass is 286 g/mol. The zero-order valence-corrected chi connectivity index (χ0v) is 12.7. The number of hydrogen-bond acceptors (Lipinski definition) is 3. The second kappa shape index (κ2) is 7.14. The molecule has 0 aliphatic carbocycles. The molecule has 0 spiro atoms. The third-order valence-electron chi connectivity index (χ3n) is 3.82.